The smallest absolute Gasteiger partial charge is 0.284 e. The Bertz CT molecular complexity index is 709. The molecule has 0 aliphatic rings. The van der Waals surface area contributed by atoms with E-state index in [1.54, 1.807) is 0 Å². The maximum absolute atomic E-state index is 12.5. The average Bonchev–Trinajstić information content (AvgIpc) is 2.76. The second-order valence-corrected chi connectivity index (χ2v) is 7.00. The first-order chi connectivity index (χ1) is 11.3. The highest BCUT2D eigenvalue weighted by Gasteiger charge is 2.17. The summed E-state index contributed by atoms with van der Waals surface area (Å²) in [6, 6.07) is 5.96. The van der Waals surface area contributed by atoms with Crippen LogP contribution < -0.4 is 4.74 Å². The Morgan fingerprint density at radius 2 is 1.75 bits per heavy atom. The molecule has 1 aromatic carbocycles. The maximum Gasteiger partial charge on any atom is 0.284 e. The minimum atomic E-state index is -0.134. The monoisotopic (exact) mass is 328 g/mol. The molecule has 0 unspecified atom stereocenters. The van der Waals surface area contributed by atoms with Crippen LogP contribution in [0.25, 0.3) is 0 Å². The van der Waals surface area contributed by atoms with E-state index in [1.165, 1.54) is 10.2 Å². The third-order valence-corrected chi connectivity index (χ3v) is 4.21. The highest BCUT2D eigenvalue weighted by Crippen LogP contribution is 2.19. The van der Waals surface area contributed by atoms with Crippen molar-refractivity contribution in [1.29, 1.82) is 0 Å². The first-order valence-corrected chi connectivity index (χ1v) is 8.57. The number of aryl methyl sites for hydroxylation is 3. The quantitative estimate of drug-likeness (QED) is 0.788. The van der Waals surface area contributed by atoms with Crippen LogP contribution in [0, 0.1) is 33.6 Å². The predicted molar refractivity (Wildman–Crippen MR) is 96.9 cm³/mol. The molecule has 0 bridgehead atoms. The zero-order valence-corrected chi connectivity index (χ0v) is 15.6. The minimum Gasteiger partial charge on any atom is -0.484 e. The molecule has 0 saturated heterocycles. The van der Waals surface area contributed by atoms with Gasteiger partial charge >= 0.3 is 0 Å². The summed E-state index contributed by atoms with van der Waals surface area (Å²) in [7, 11) is 0. The first kappa shape index (κ1) is 18.2. The van der Waals surface area contributed by atoms with Crippen LogP contribution in [0.2, 0.25) is 0 Å². The number of rotatable bonds is 6. The van der Waals surface area contributed by atoms with Gasteiger partial charge < -0.3 is 4.74 Å². The number of hydrogen-bond acceptors (Lipinski definition) is 3. The summed E-state index contributed by atoms with van der Waals surface area (Å²) in [4.78, 5) is 12.5. The van der Waals surface area contributed by atoms with E-state index >= 15 is 0 Å². The highest BCUT2D eigenvalue weighted by molar-refractivity contribution is 5.80. The molecule has 130 valence electrons. The number of nitrogens with zero attached hydrogens (tertiary/aromatic N) is 2. The first-order valence-electron chi connectivity index (χ1n) is 8.57. The van der Waals surface area contributed by atoms with Gasteiger partial charge in [-0.3, -0.25) is 4.79 Å². The van der Waals surface area contributed by atoms with Gasteiger partial charge in [-0.2, -0.15) is 5.10 Å². The fourth-order valence-corrected chi connectivity index (χ4v) is 2.94. The Labute approximate surface area is 144 Å². The molecule has 0 aliphatic heterocycles. The van der Waals surface area contributed by atoms with Crippen LogP contribution in [0.1, 0.15) is 53.1 Å². The van der Waals surface area contributed by atoms with Crippen LogP contribution in [0.5, 0.6) is 5.75 Å². The van der Waals surface area contributed by atoms with Gasteiger partial charge in [-0.1, -0.05) is 19.9 Å². The molecule has 0 N–H and O–H groups in total. The van der Waals surface area contributed by atoms with Crippen LogP contribution in [-0.4, -0.2) is 22.3 Å². The Kier molecular flexibility index (Phi) is 5.81. The molecule has 0 amide bonds. The lowest BCUT2D eigenvalue weighted by molar-refractivity contribution is 0.0818. The minimum absolute atomic E-state index is 0.00548. The van der Waals surface area contributed by atoms with Crippen molar-refractivity contribution in [3.63, 3.8) is 0 Å². The van der Waals surface area contributed by atoms with E-state index in [0.717, 1.165) is 41.1 Å². The molecule has 4 nitrogen and oxygen atoms in total. The largest absolute Gasteiger partial charge is 0.484 e. The molecule has 2 aromatic rings. The van der Waals surface area contributed by atoms with Gasteiger partial charge in [0.15, 0.2) is 6.61 Å². The fraction of sp³-hybridized carbons (Fsp3) is 0.500. The SMILES string of the molecule is Cc1cc(C)cc(OCC(=O)n2nc(C)c(CCC(C)C)c2C)c1. The highest BCUT2D eigenvalue weighted by atomic mass is 16.5. The normalized spacial score (nSPS) is 11.1. The van der Waals surface area contributed by atoms with Gasteiger partial charge in [-0.15, -0.1) is 0 Å². The number of carbonyl (C=O) groups is 1. The summed E-state index contributed by atoms with van der Waals surface area (Å²) in [5.74, 6) is 1.23. The van der Waals surface area contributed by atoms with Crippen molar-refractivity contribution in [2.24, 2.45) is 5.92 Å². The molecule has 2 rings (SSSR count). The summed E-state index contributed by atoms with van der Waals surface area (Å²) >= 11 is 0. The Morgan fingerprint density at radius 3 is 2.33 bits per heavy atom. The van der Waals surface area contributed by atoms with Crippen LogP contribution >= 0.6 is 0 Å². The zero-order valence-electron chi connectivity index (χ0n) is 15.6. The van der Waals surface area contributed by atoms with Crippen LogP contribution in [0.4, 0.5) is 0 Å². The van der Waals surface area contributed by atoms with Crippen molar-refractivity contribution >= 4 is 5.91 Å². The van der Waals surface area contributed by atoms with Crippen LogP contribution in [0.3, 0.4) is 0 Å². The van der Waals surface area contributed by atoms with E-state index < -0.39 is 0 Å². The third-order valence-electron chi connectivity index (χ3n) is 4.21. The summed E-state index contributed by atoms with van der Waals surface area (Å²) in [5, 5.41) is 4.42. The second kappa shape index (κ2) is 7.65. The molecule has 0 atom stereocenters. The molecule has 0 radical (unpaired) electrons. The van der Waals surface area contributed by atoms with E-state index in [1.807, 2.05) is 39.8 Å². The van der Waals surface area contributed by atoms with Crippen molar-refractivity contribution < 1.29 is 9.53 Å². The average molecular weight is 328 g/mol. The van der Waals surface area contributed by atoms with Gasteiger partial charge in [-0.25, -0.2) is 4.68 Å². The van der Waals surface area contributed by atoms with Crippen molar-refractivity contribution in [1.82, 2.24) is 9.78 Å². The van der Waals surface area contributed by atoms with Crippen LogP contribution in [-0.2, 0) is 6.42 Å². The van der Waals surface area contributed by atoms with Crippen molar-refractivity contribution in [3.05, 3.63) is 46.3 Å². The van der Waals surface area contributed by atoms with Gasteiger partial charge in [0.05, 0.1) is 5.69 Å². The molecule has 24 heavy (non-hydrogen) atoms. The number of ether oxygens (including phenoxy) is 1. The van der Waals surface area contributed by atoms with Gasteiger partial charge in [0.25, 0.3) is 5.91 Å². The lowest BCUT2D eigenvalue weighted by Gasteiger charge is -2.09. The standard InChI is InChI=1S/C20H28N2O2/c1-13(2)7-8-19-16(5)21-22(17(19)6)20(23)12-24-18-10-14(3)9-15(4)11-18/h9-11,13H,7-8,12H2,1-6H3. The molecule has 0 fully saturated rings. The molecule has 4 heteroatoms. The van der Waals surface area contributed by atoms with Gasteiger partial charge in [0.1, 0.15) is 5.75 Å². The summed E-state index contributed by atoms with van der Waals surface area (Å²) in [6.07, 6.45) is 2.06. The summed E-state index contributed by atoms with van der Waals surface area (Å²) in [6.45, 7) is 12.4. The zero-order chi connectivity index (χ0) is 17.9. The third kappa shape index (κ3) is 4.47. The number of carbonyl (C=O) groups excluding carboxylic acids is 1. The molecule has 0 saturated carbocycles. The summed E-state index contributed by atoms with van der Waals surface area (Å²) in [5.41, 5.74) is 5.30. The molecule has 0 spiro atoms. The van der Waals surface area contributed by atoms with Crippen molar-refractivity contribution in [3.8, 4) is 5.75 Å². The number of aromatic nitrogens is 2. The Morgan fingerprint density at radius 1 is 1.12 bits per heavy atom. The molecular weight excluding hydrogens is 300 g/mol. The Hall–Kier alpha value is -2.10. The maximum atomic E-state index is 12.5. The lowest BCUT2D eigenvalue weighted by atomic mass is 10.0. The predicted octanol–water partition coefficient (Wildman–Crippen LogP) is 4.42. The van der Waals surface area contributed by atoms with Gasteiger partial charge in [0.2, 0.25) is 0 Å². The van der Waals surface area contributed by atoms with E-state index in [4.69, 9.17) is 4.74 Å². The van der Waals surface area contributed by atoms with Gasteiger partial charge in [0, 0.05) is 5.69 Å². The molecule has 1 heterocycles. The van der Waals surface area contributed by atoms with Crippen molar-refractivity contribution in [2.45, 2.75) is 54.4 Å². The summed E-state index contributed by atoms with van der Waals surface area (Å²) < 4.78 is 7.17. The van der Waals surface area contributed by atoms with Crippen LogP contribution in [0.15, 0.2) is 18.2 Å². The molecular formula is C20H28N2O2. The van der Waals surface area contributed by atoms with E-state index in [9.17, 15) is 4.79 Å². The molecule has 0 aliphatic carbocycles. The van der Waals surface area contributed by atoms with E-state index in [2.05, 4.69) is 25.0 Å². The second-order valence-electron chi connectivity index (χ2n) is 7.00. The van der Waals surface area contributed by atoms with E-state index in [-0.39, 0.29) is 12.5 Å². The van der Waals surface area contributed by atoms with Crippen molar-refractivity contribution in [2.75, 3.05) is 6.61 Å². The number of hydrogen-bond donors (Lipinski definition) is 0. The fourth-order valence-electron chi connectivity index (χ4n) is 2.94. The topological polar surface area (TPSA) is 44.1 Å². The Balaban J connectivity index is 2.08. The molecule has 1 aromatic heterocycles. The lowest BCUT2D eigenvalue weighted by Crippen LogP contribution is -2.21. The number of benzene rings is 1. The van der Waals surface area contributed by atoms with E-state index in [0.29, 0.717) is 5.92 Å². The van der Waals surface area contributed by atoms with Gasteiger partial charge in [-0.05, 0) is 75.3 Å².